The number of likely N-dealkylation sites (tertiary alicyclic amines) is 1. The fraction of sp³-hybridized carbons (Fsp3) is 0.875. The van der Waals surface area contributed by atoms with Crippen LogP contribution in [0, 0.1) is 0 Å². The summed E-state index contributed by atoms with van der Waals surface area (Å²) in [5.74, 6) is 0.203. The van der Waals surface area contributed by atoms with Crippen molar-refractivity contribution in [3.63, 3.8) is 0 Å². The lowest BCUT2D eigenvalue weighted by atomic mass is 10.00. The molecule has 1 saturated carbocycles. The molecule has 4 nitrogen and oxygen atoms in total. The number of carbonyl (C=O) groups excluding carboxylic acids is 2. The molecule has 0 aromatic heterocycles. The SMILES string of the molecule is CCC1CCCCN1C(=O)CN(C(C)=O)C1CCCC1. The Hall–Kier alpha value is -1.06. The largest absolute Gasteiger partial charge is 0.338 e. The van der Waals surface area contributed by atoms with Crippen LogP contribution in [0.15, 0.2) is 0 Å². The van der Waals surface area contributed by atoms with Crippen molar-refractivity contribution in [2.75, 3.05) is 13.1 Å². The van der Waals surface area contributed by atoms with Gasteiger partial charge in [-0.3, -0.25) is 9.59 Å². The second-order valence-corrected chi connectivity index (χ2v) is 6.23. The molecule has 0 spiro atoms. The number of amides is 2. The summed E-state index contributed by atoms with van der Waals surface area (Å²) in [7, 11) is 0. The van der Waals surface area contributed by atoms with Crippen LogP contribution in [-0.4, -0.2) is 46.8 Å². The third-order valence-corrected chi connectivity index (χ3v) is 4.89. The summed E-state index contributed by atoms with van der Waals surface area (Å²) in [4.78, 5) is 28.3. The normalized spacial score (nSPS) is 23.9. The van der Waals surface area contributed by atoms with Crippen LogP contribution < -0.4 is 0 Å². The average Bonchev–Trinajstić information content (AvgIpc) is 2.97. The Kier molecular flexibility index (Phi) is 5.44. The molecule has 1 aliphatic carbocycles. The molecule has 1 atom stereocenters. The molecule has 1 saturated heterocycles. The van der Waals surface area contributed by atoms with E-state index in [1.165, 1.54) is 19.3 Å². The maximum atomic E-state index is 12.6. The zero-order valence-corrected chi connectivity index (χ0v) is 12.9. The average molecular weight is 280 g/mol. The van der Waals surface area contributed by atoms with Gasteiger partial charge in [0.15, 0.2) is 0 Å². The van der Waals surface area contributed by atoms with Gasteiger partial charge in [0.2, 0.25) is 11.8 Å². The number of rotatable bonds is 4. The molecule has 0 N–H and O–H groups in total. The molecule has 0 radical (unpaired) electrons. The van der Waals surface area contributed by atoms with Crippen LogP contribution in [0.3, 0.4) is 0 Å². The van der Waals surface area contributed by atoms with Gasteiger partial charge in [0.05, 0.1) is 6.54 Å². The third kappa shape index (κ3) is 3.53. The number of piperidine rings is 1. The Morgan fingerprint density at radius 2 is 1.75 bits per heavy atom. The summed E-state index contributed by atoms with van der Waals surface area (Å²) in [5, 5.41) is 0. The van der Waals surface area contributed by atoms with E-state index in [-0.39, 0.29) is 18.4 Å². The lowest BCUT2D eigenvalue weighted by molar-refractivity contribution is -0.143. The Labute approximate surface area is 122 Å². The molecule has 2 amide bonds. The lowest BCUT2D eigenvalue weighted by Gasteiger charge is -2.37. The van der Waals surface area contributed by atoms with E-state index in [0.717, 1.165) is 38.6 Å². The van der Waals surface area contributed by atoms with E-state index in [9.17, 15) is 9.59 Å². The minimum Gasteiger partial charge on any atom is -0.338 e. The van der Waals surface area contributed by atoms with E-state index < -0.39 is 0 Å². The highest BCUT2D eigenvalue weighted by molar-refractivity contribution is 5.84. The Morgan fingerprint density at radius 3 is 2.35 bits per heavy atom. The van der Waals surface area contributed by atoms with Gasteiger partial charge in [0.1, 0.15) is 0 Å². The smallest absolute Gasteiger partial charge is 0.242 e. The fourth-order valence-corrected chi connectivity index (χ4v) is 3.70. The first kappa shape index (κ1) is 15.3. The van der Waals surface area contributed by atoms with Crippen molar-refractivity contribution in [1.82, 2.24) is 9.80 Å². The quantitative estimate of drug-likeness (QED) is 0.794. The van der Waals surface area contributed by atoms with Crippen molar-refractivity contribution < 1.29 is 9.59 Å². The van der Waals surface area contributed by atoms with Gasteiger partial charge in [-0.25, -0.2) is 0 Å². The number of carbonyl (C=O) groups is 2. The molecule has 4 heteroatoms. The molecule has 2 aliphatic rings. The van der Waals surface area contributed by atoms with Crippen molar-refractivity contribution in [3.05, 3.63) is 0 Å². The molecular formula is C16H28N2O2. The molecule has 0 aromatic rings. The lowest BCUT2D eigenvalue weighted by Crippen LogP contribution is -2.50. The van der Waals surface area contributed by atoms with Crippen molar-refractivity contribution in [2.24, 2.45) is 0 Å². The molecule has 114 valence electrons. The summed E-state index contributed by atoms with van der Waals surface area (Å²) in [6, 6.07) is 0.676. The first-order valence-electron chi connectivity index (χ1n) is 8.20. The summed E-state index contributed by atoms with van der Waals surface area (Å²) < 4.78 is 0. The summed E-state index contributed by atoms with van der Waals surface area (Å²) in [5.41, 5.74) is 0. The second-order valence-electron chi connectivity index (χ2n) is 6.23. The molecule has 1 heterocycles. The Balaban J connectivity index is 1.98. The van der Waals surface area contributed by atoms with Gasteiger partial charge in [-0.05, 0) is 38.5 Å². The molecule has 1 aliphatic heterocycles. The highest BCUT2D eigenvalue weighted by Crippen LogP contribution is 2.25. The monoisotopic (exact) mass is 280 g/mol. The van der Waals surface area contributed by atoms with Gasteiger partial charge in [-0.1, -0.05) is 19.8 Å². The van der Waals surface area contributed by atoms with Gasteiger partial charge in [-0.2, -0.15) is 0 Å². The topological polar surface area (TPSA) is 40.6 Å². The van der Waals surface area contributed by atoms with Crippen molar-refractivity contribution in [1.29, 1.82) is 0 Å². The minimum atomic E-state index is 0.0512. The minimum absolute atomic E-state index is 0.0512. The summed E-state index contributed by atoms with van der Waals surface area (Å²) >= 11 is 0. The molecule has 2 rings (SSSR count). The van der Waals surface area contributed by atoms with E-state index in [4.69, 9.17) is 0 Å². The predicted molar refractivity (Wildman–Crippen MR) is 79.3 cm³/mol. The molecule has 2 fully saturated rings. The standard InChI is InChI=1S/C16H28N2O2/c1-3-14-8-6-7-11-17(14)16(20)12-18(13(2)19)15-9-4-5-10-15/h14-15H,3-12H2,1-2H3. The van der Waals surface area contributed by atoms with Gasteiger partial charge in [0, 0.05) is 25.6 Å². The highest BCUT2D eigenvalue weighted by atomic mass is 16.2. The molecular weight excluding hydrogens is 252 g/mol. The van der Waals surface area contributed by atoms with Crippen LogP contribution in [0.5, 0.6) is 0 Å². The van der Waals surface area contributed by atoms with E-state index >= 15 is 0 Å². The Bertz CT molecular complexity index is 350. The molecule has 20 heavy (non-hydrogen) atoms. The van der Waals surface area contributed by atoms with Crippen LogP contribution in [-0.2, 0) is 9.59 Å². The van der Waals surface area contributed by atoms with E-state index in [2.05, 4.69) is 6.92 Å². The van der Waals surface area contributed by atoms with Gasteiger partial charge >= 0.3 is 0 Å². The van der Waals surface area contributed by atoms with Crippen LogP contribution in [0.25, 0.3) is 0 Å². The van der Waals surface area contributed by atoms with Gasteiger partial charge in [0.25, 0.3) is 0 Å². The van der Waals surface area contributed by atoms with Crippen LogP contribution in [0.4, 0.5) is 0 Å². The maximum Gasteiger partial charge on any atom is 0.242 e. The number of nitrogens with zero attached hydrogens (tertiary/aromatic N) is 2. The predicted octanol–water partition coefficient (Wildman–Crippen LogP) is 2.57. The summed E-state index contributed by atoms with van der Waals surface area (Å²) in [6.45, 7) is 4.90. The molecule has 1 unspecified atom stereocenters. The summed E-state index contributed by atoms with van der Waals surface area (Å²) in [6.07, 6.45) is 8.95. The highest BCUT2D eigenvalue weighted by Gasteiger charge is 2.30. The van der Waals surface area contributed by atoms with Crippen molar-refractivity contribution >= 4 is 11.8 Å². The first-order valence-corrected chi connectivity index (χ1v) is 8.20. The third-order valence-electron chi connectivity index (χ3n) is 4.89. The molecule has 0 bridgehead atoms. The van der Waals surface area contributed by atoms with E-state index in [0.29, 0.717) is 12.1 Å². The zero-order valence-electron chi connectivity index (χ0n) is 12.9. The van der Waals surface area contributed by atoms with Gasteiger partial charge in [-0.15, -0.1) is 0 Å². The van der Waals surface area contributed by atoms with Crippen LogP contribution >= 0.6 is 0 Å². The Morgan fingerprint density at radius 1 is 1.10 bits per heavy atom. The maximum absolute atomic E-state index is 12.6. The number of hydrogen-bond donors (Lipinski definition) is 0. The van der Waals surface area contributed by atoms with E-state index in [1.807, 2.05) is 9.80 Å². The fourth-order valence-electron chi connectivity index (χ4n) is 3.70. The second kappa shape index (κ2) is 7.09. The van der Waals surface area contributed by atoms with Crippen molar-refractivity contribution in [3.8, 4) is 0 Å². The molecule has 0 aromatic carbocycles. The first-order chi connectivity index (χ1) is 9.63. The van der Waals surface area contributed by atoms with Gasteiger partial charge < -0.3 is 9.80 Å². The number of hydrogen-bond acceptors (Lipinski definition) is 2. The van der Waals surface area contributed by atoms with Crippen LogP contribution in [0.1, 0.15) is 65.2 Å². The zero-order chi connectivity index (χ0) is 14.5. The van der Waals surface area contributed by atoms with Crippen LogP contribution in [0.2, 0.25) is 0 Å². The van der Waals surface area contributed by atoms with Crippen molar-refractivity contribution in [2.45, 2.75) is 77.3 Å². The van der Waals surface area contributed by atoms with E-state index in [1.54, 1.807) is 6.92 Å².